The van der Waals surface area contributed by atoms with E-state index in [2.05, 4.69) is 10.1 Å². The maximum atomic E-state index is 12.5. The molecule has 2 aromatic rings. The molecular weight excluding hydrogens is 366 g/mol. The first-order valence-corrected chi connectivity index (χ1v) is 8.12. The molecule has 1 aliphatic rings. The third-order valence-electron chi connectivity index (χ3n) is 3.85. The van der Waals surface area contributed by atoms with Gasteiger partial charge < -0.3 is 19.1 Å². The van der Waals surface area contributed by atoms with Gasteiger partial charge in [0, 0.05) is 17.5 Å². The van der Waals surface area contributed by atoms with Gasteiger partial charge in [0.15, 0.2) is 0 Å². The maximum absolute atomic E-state index is 12.5. The van der Waals surface area contributed by atoms with Crippen LogP contribution >= 0.6 is 0 Å². The van der Waals surface area contributed by atoms with Crippen LogP contribution in [0.1, 0.15) is 0 Å². The van der Waals surface area contributed by atoms with Crippen molar-refractivity contribution in [3.63, 3.8) is 0 Å². The largest absolute Gasteiger partial charge is 0.465 e. The lowest BCUT2D eigenvalue weighted by Gasteiger charge is -2.23. The van der Waals surface area contributed by atoms with Crippen LogP contribution in [-0.2, 0) is 19.1 Å². The van der Waals surface area contributed by atoms with Crippen LogP contribution in [0.3, 0.4) is 0 Å². The van der Waals surface area contributed by atoms with E-state index >= 15 is 0 Å². The second-order valence-electron chi connectivity index (χ2n) is 5.45. The minimum Gasteiger partial charge on any atom is -0.465 e. The fraction of sp³-hybridized carbons (Fsp3) is 0.158. The number of allylic oxidation sites excluding steroid dienone is 2. The van der Waals surface area contributed by atoms with E-state index in [4.69, 9.17) is 18.7 Å². The molecule has 0 saturated heterocycles. The average Bonchev–Trinajstić information content (AvgIpc) is 3.11. The molecule has 144 valence electrons. The fourth-order valence-corrected chi connectivity index (χ4v) is 2.57. The van der Waals surface area contributed by atoms with Gasteiger partial charge in [0.2, 0.25) is 5.82 Å². The van der Waals surface area contributed by atoms with Crippen molar-refractivity contribution in [1.82, 2.24) is 10.1 Å². The Morgan fingerprint density at radius 1 is 1.07 bits per heavy atom. The summed E-state index contributed by atoms with van der Waals surface area (Å²) in [4.78, 5) is 30.3. The van der Waals surface area contributed by atoms with Crippen molar-refractivity contribution in [2.45, 2.75) is 0 Å². The summed E-state index contributed by atoms with van der Waals surface area (Å²) >= 11 is 0. The predicted molar refractivity (Wildman–Crippen MR) is 98.1 cm³/mol. The number of hydrogen-bond donors (Lipinski definition) is 0. The van der Waals surface area contributed by atoms with Crippen LogP contribution in [0.4, 0.5) is 5.69 Å². The second-order valence-corrected chi connectivity index (χ2v) is 5.45. The molecule has 2 heterocycles. The Morgan fingerprint density at radius 3 is 2.54 bits per heavy atom. The number of aromatic nitrogens is 2. The first kappa shape index (κ1) is 18.9. The van der Waals surface area contributed by atoms with Crippen molar-refractivity contribution in [3.05, 3.63) is 60.0 Å². The average molecular weight is 383 g/mol. The number of carbonyl (C=O) groups excluding carboxylic acids is 2. The molecule has 1 aromatic heterocycles. The Hall–Kier alpha value is -3.88. The van der Waals surface area contributed by atoms with Gasteiger partial charge in [0.1, 0.15) is 5.70 Å². The number of methoxy groups -OCH3 is 3. The molecule has 0 N–H and O–H groups in total. The van der Waals surface area contributed by atoms with Crippen molar-refractivity contribution < 1.29 is 28.3 Å². The van der Waals surface area contributed by atoms with Gasteiger partial charge in [0.05, 0.1) is 26.9 Å². The van der Waals surface area contributed by atoms with Crippen LogP contribution in [-0.4, -0.2) is 43.4 Å². The number of hydrogen-bond acceptors (Lipinski definition) is 9. The van der Waals surface area contributed by atoms with Crippen LogP contribution in [0.2, 0.25) is 0 Å². The number of carbonyl (C=O) groups is 2. The van der Waals surface area contributed by atoms with E-state index in [0.717, 1.165) is 0 Å². The molecule has 0 saturated carbocycles. The van der Waals surface area contributed by atoms with Crippen LogP contribution in [0, 0.1) is 0 Å². The number of benzene rings is 1. The van der Waals surface area contributed by atoms with Gasteiger partial charge >= 0.3 is 18.0 Å². The van der Waals surface area contributed by atoms with Crippen LogP contribution in [0.5, 0.6) is 6.08 Å². The number of nitrogens with zero attached hydrogens (tertiary/aromatic N) is 3. The van der Waals surface area contributed by atoms with E-state index in [1.165, 1.54) is 32.3 Å². The van der Waals surface area contributed by atoms with Crippen molar-refractivity contribution >= 4 is 17.6 Å². The maximum Gasteiger partial charge on any atom is 0.417 e. The third kappa shape index (κ3) is 3.63. The molecule has 0 atom stereocenters. The zero-order chi connectivity index (χ0) is 20.1. The zero-order valence-electron chi connectivity index (χ0n) is 15.4. The first-order chi connectivity index (χ1) is 13.6. The summed E-state index contributed by atoms with van der Waals surface area (Å²) in [5.41, 5.74) is 1.27. The normalized spacial score (nSPS) is 13.3. The Kier molecular flexibility index (Phi) is 5.54. The lowest BCUT2D eigenvalue weighted by Crippen LogP contribution is -2.26. The summed E-state index contributed by atoms with van der Waals surface area (Å²) in [6, 6.07) is 7.02. The monoisotopic (exact) mass is 383 g/mol. The number of ether oxygens (including phenoxy) is 3. The summed E-state index contributed by atoms with van der Waals surface area (Å²) in [6.45, 7) is 0. The van der Waals surface area contributed by atoms with Gasteiger partial charge in [0.25, 0.3) is 0 Å². The van der Waals surface area contributed by atoms with Gasteiger partial charge in [-0.2, -0.15) is 4.98 Å². The molecule has 0 unspecified atom stereocenters. The van der Waals surface area contributed by atoms with E-state index in [-0.39, 0.29) is 17.3 Å². The molecule has 0 spiro atoms. The van der Waals surface area contributed by atoms with E-state index in [9.17, 15) is 9.59 Å². The number of esters is 2. The summed E-state index contributed by atoms with van der Waals surface area (Å²) in [6.07, 6.45) is 6.46. The smallest absolute Gasteiger partial charge is 0.417 e. The number of rotatable bonds is 5. The molecule has 0 bridgehead atoms. The molecular formula is C19H17N3O6. The predicted octanol–water partition coefficient (Wildman–Crippen LogP) is 2.24. The molecule has 3 rings (SSSR count). The zero-order valence-corrected chi connectivity index (χ0v) is 15.4. The first-order valence-electron chi connectivity index (χ1n) is 8.12. The molecule has 28 heavy (non-hydrogen) atoms. The minimum atomic E-state index is -0.691. The summed E-state index contributed by atoms with van der Waals surface area (Å²) in [5.74, 6) is -1.04. The van der Waals surface area contributed by atoms with E-state index < -0.39 is 11.9 Å². The number of anilines is 1. The van der Waals surface area contributed by atoms with Crippen molar-refractivity contribution in [2.24, 2.45) is 0 Å². The van der Waals surface area contributed by atoms with Crippen LogP contribution in [0.25, 0.3) is 11.4 Å². The SMILES string of the molecule is COC(=O)C1=C(C(=O)OC)N(c2cccc(-c3noc(OC)n3)c2)C=CC=C1. The molecule has 0 aliphatic carbocycles. The van der Waals surface area contributed by atoms with Gasteiger partial charge in [-0.1, -0.05) is 23.4 Å². The highest BCUT2D eigenvalue weighted by atomic mass is 16.6. The standard InChI is InChI=1S/C19H17N3O6/c1-25-17(23)14-9-4-5-10-22(15(14)18(24)26-2)13-8-6-7-12(11-13)16-20-19(27-3)28-21-16/h4-11H,1-3H3. The van der Waals surface area contributed by atoms with Crippen LogP contribution in [0.15, 0.2) is 64.5 Å². The quantitative estimate of drug-likeness (QED) is 0.719. The lowest BCUT2D eigenvalue weighted by atomic mass is 10.1. The Morgan fingerprint density at radius 2 is 1.86 bits per heavy atom. The van der Waals surface area contributed by atoms with Gasteiger partial charge in [-0.05, 0) is 24.3 Å². The van der Waals surface area contributed by atoms with Gasteiger partial charge in [-0.25, -0.2) is 9.59 Å². The molecule has 9 nitrogen and oxygen atoms in total. The summed E-state index contributed by atoms with van der Waals surface area (Å²) in [5, 5.41) is 3.85. The molecule has 9 heteroatoms. The van der Waals surface area contributed by atoms with Crippen molar-refractivity contribution in [3.8, 4) is 17.5 Å². The Balaban J connectivity index is 2.11. The minimum absolute atomic E-state index is 0.0159. The highest BCUT2D eigenvalue weighted by Gasteiger charge is 2.27. The molecule has 1 aromatic carbocycles. The van der Waals surface area contributed by atoms with Crippen LogP contribution < -0.4 is 9.64 Å². The van der Waals surface area contributed by atoms with E-state index in [0.29, 0.717) is 17.1 Å². The van der Waals surface area contributed by atoms with E-state index in [1.807, 2.05) is 0 Å². The Labute approximate surface area is 160 Å². The molecule has 0 fully saturated rings. The molecule has 1 aliphatic heterocycles. The topological polar surface area (TPSA) is 104 Å². The second kappa shape index (κ2) is 8.21. The summed E-state index contributed by atoms with van der Waals surface area (Å²) in [7, 11) is 3.90. The van der Waals surface area contributed by atoms with Crippen molar-refractivity contribution in [2.75, 3.05) is 26.2 Å². The highest BCUT2D eigenvalue weighted by molar-refractivity contribution is 6.05. The Bertz CT molecular complexity index is 989. The summed E-state index contributed by atoms with van der Waals surface area (Å²) < 4.78 is 19.5. The molecule has 0 radical (unpaired) electrons. The van der Waals surface area contributed by atoms with E-state index in [1.54, 1.807) is 42.6 Å². The van der Waals surface area contributed by atoms with Gasteiger partial charge in [-0.15, -0.1) is 0 Å². The third-order valence-corrected chi connectivity index (χ3v) is 3.85. The lowest BCUT2D eigenvalue weighted by molar-refractivity contribution is -0.139. The van der Waals surface area contributed by atoms with Crippen molar-refractivity contribution in [1.29, 1.82) is 0 Å². The fourth-order valence-electron chi connectivity index (χ4n) is 2.57. The highest BCUT2D eigenvalue weighted by Crippen LogP contribution is 2.29. The van der Waals surface area contributed by atoms with Gasteiger partial charge in [-0.3, -0.25) is 4.52 Å². The molecule has 0 amide bonds.